The van der Waals surface area contributed by atoms with Gasteiger partial charge in [0.05, 0.1) is 0 Å². The molecule has 4 heterocycles. The third-order valence-electron chi connectivity index (χ3n) is 14.6. The van der Waals surface area contributed by atoms with Gasteiger partial charge in [-0.15, -0.1) is 48.1 Å². The zero-order valence-corrected chi connectivity index (χ0v) is 44.5. The maximum Gasteiger partial charge on any atom is 0.143 e. The Morgan fingerprint density at radius 1 is 0.446 bits per heavy atom. The zero-order valence-electron chi connectivity index (χ0n) is 42.2. The average molecular weight is 1140 g/mol. The Labute approximate surface area is 447 Å². The van der Waals surface area contributed by atoms with Gasteiger partial charge in [0.25, 0.3) is 0 Å². The summed E-state index contributed by atoms with van der Waals surface area (Å²) >= 11 is 0. The molecular formula is C68H53N4OPt-3. The number of fused-ring (bicyclic) bond motifs is 11. The van der Waals surface area contributed by atoms with Gasteiger partial charge in [-0.3, -0.25) is 0 Å². The molecule has 0 aliphatic carbocycles. The van der Waals surface area contributed by atoms with E-state index in [-0.39, 0.29) is 31.9 Å². The average Bonchev–Trinajstić information content (AvgIpc) is 3.97. The number of hydrogen-bond donors (Lipinski definition) is 0. The summed E-state index contributed by atoms with van der Waals surface area (Å²) in [6.07, 6.45) is 1.91. The molecule has 0 unspecified atom stereocenters. The predicted octanol–water partition coefficient (Wildman–Crippen LogP) is 18.4. The van der Waals surface area contributed by atoms with Crippen LogP contribution in [0.3, 0.4) is 0 Å². The predicted molar refractivity (Wildman–Crippen MR) is 305 cm³/mol. The fourth-order valence-electron chi connectivity index (χ4n) is 10.9. The molecule has 3 aromatic heterocycles. The second kappa shape index (κ2) is 18.2. The second-order valence-corrected chi connectivity index (χ2v) is 21.3. The Morgan fingerprint density at radius 3 is 1.62 bits per heavy atom. The van der Waals surface area contributed by atoms with Gasteiger partial charge in [-0.05, 0) is 96.4 Å². The van der Waals surface area contributed by atoms with E-state index in [0.717, 1.165) is 88.6 Å². The topological polar surface area (TPSA) is 33.0 Å². The first-order chi connectivity index (χ1) is 35.5. The first-order valence-corrected chi connectivity index (χ1v) is 25.2. The van der Waals surface area contributed by atoms with Crippen molar-refractivity contribution in [3.63, 3.8) is 0 Å². The molecule has 0 N–H and O–H groups in total. The Hall–Kier alpha value is -7.98. The van der Waals surface area contributed by atoms with Crippen molar-refractivity contribution in [1.29, 1.82) is 0 Å². The third-order valence-corrected chi connectivity index (χ3v) is 14.6. The number of benzene rings is 9. The zero-order chi connectivity index (χ0) is 49.6. The van der Waals surface area contributed by atoms with Crippen molar-refractivity contribution in [2.45, 2.75) is 52.4 Å². The first-order valence-electron chi connectivity index (χ1n) is 25.2. The van der Waals surface area contributed by atoms with Gasteiger partial charge in [0.1, 0.15) is 5.65 Å². The van der Waals surface area contributed by atoms with Gasteiger partial charge in [0, 0.05) is 83.2 Å². The maximum absolute atomic E-state index is 6.86. The number of hydrogen-bond acceptors (Lipinski definition) is 4. The number of aromatic nitrogens is 2. The van der Waals surface area contributed by atoms with Gasteiger partial charge in [-0.25, -0.2) is 4.98 Å². The van der Waals surface area contributed by atoms with Crippen molar-refractivity contribution in [3.8, 4) is 33.8 Å². The summed E-state index contributed by atoms with van der Waals surface area (Å²) in [5.74, 6) is 1.17. The van der Waals surface area contributed by atoms with Gasteiger partial charge in [0.2, 0.25) is 0 Å². The molecule has 6 heteroatoms. The maximum atomic E-state index is 6.86. The molecule has 0 saturated heterocycles. The van der Waals surface area contributed by atoms with Crippen LogP contribution in [0.15, 0.2) is 206 Å². The number of rotatable bonds is 6. The van der Waals surface area contributed by atoms with E-state index in [4.69, 9.17) is 9.72 Å². The molecule has 1 aliphatic rings. The molecule has 0 atom stereocenters. The minimum Gasteiger partial charge on any atom is -0.509 e. The molecule has 364 valence electrons. The van der Waals surface area contributed by atoms with E-state index in [1.165, 1.54) is 27.3 Å². The molecule has 0 saturated carbocycles. The van der Waals surface area contributed by atoms with Crippen LogP contribution in [0, 0.1) is 18.8 Å². The Bertz CT molecular complexity index is 4130. The van der Waals surface area contributed by atoms with Gasteiger partial charge < -0.3 is 18.9 Å². The molecular weight excluding hydrogens is 1080 g/mol. The standard InChI is InChI=1S/C68H53N4O.Pt/c1-67(2,3)46-32-35-53-56-27-17-28-57-55-37-34-50(42-63(55)72(65(56)57)66-58(29-18-38-69-66)60-40-47(68(4,5)6)33-36-54(60)59(53)39-46)73-49-24-15-23-48(41-49)70-43-71(62-31-14-13-30-61(62)70)64-51(44-19-9-7-10-20-44)25-16-26-52(64)45-21-11-8-12-22-45;/h7-40,43H,1-6H3;/q-3;. The number of pyridine rings is 1. The van der Waals surface area contributed by atoms with E-state index in [0.29, 0.717) is 11.5 Å². The van der Waals surface area contributed by atoms with Crippen molar-refractivity contribution in [2.75, 3.05) is 9.80 Å². The van der Waals surface area contributed by atoms with Crippen molar-refractivity contribution in [1.82, 2.24) is 9.38 Å². The van der Waals surface area contributed by atoms with Crippen LogP contribution in [0.5, 0.6) is 11.5 Å². The van der Waals surface area contributed by atoms with E-state index < -0.39 is 0 Å². The van der Waals surface area contributed by atoms with Crippen LogP contribution < -0.4 is 14.5 Å². The minimum absolute atomic E-state index is 0. The Morgan fingerprint density at radius 2 is 0.973 bits per heavy atom. The summed E-state index contributed by atoms with van der Waals surface area (Å²) in [5, 5.41) is 9.15. The van der Waals surface area contributed by atoms with Crippen molar-refractivity contribution < 1.29 is 25.8 Å². The second-order valence-electron chi connectivity index (χ2n) is 21.3. The largest absolute Gasteiger partial charge is 0.509 e. The number of nitrogens with zero attached hydrogens (tertiary/aromatic N) is 4. The minimum atomic E-state index is -0.0636. The normalized spacial score (nSPS) is 12.8. The molecule has 0 fully saturated rings. The van der Waals surface area contributed by atoms with E-state index in [1.807, 2.05) is 24.4 Å². The monoisotopic (exact) mass is 1140 g/mol. The van der Waals surface area contributed by atoms with Gasteiger partial charge in [-0.1, -0.05) is 181 Å². The van der Waals surface area contributed by atoms with Crippen molar-refractivity contribution in [2.24, 2.45) is 0 Å². The fourth-order valence-corrected chi connectivity index (χ4v) is 10.9. The first kappa shape index (κ1) is 47.0. The summed E-state index contributed by atoms with van der Waals surface area (Å²) in [5.41, 5.74) is 13.9. The molecule has 0 bridgehead atoms. The molecule has 13 rings (SSSR count). The van der Waals surface area contributed by atoms with Crippen molar-refractivity contribution in [3.05, 3.63) is 236 Å². The van der Waals surface area contributed by atoms with Crippen LogP contribution >= 0.6 is 0 Å². The molecule has 9 aromatic carbocycles. The van der Waals surface area contributed by atoms with Crippen LogP contribution in [-0.4, -0.2) is 9.38 Å². The van der Waals surface area contributed by atoms with Crippen LogP contribution in [-0.2, 0) is 31.9 Å². The van der Waals surface area contributed by atoms with E-state index >= 15 is 0 Å². The summed E-state index contributed by atoms with van der Waals surface area (Å²) < 4.78 is 9.19. The smallest absolute Gasteiger partial charge is 0.143 e. The summed E-state index contributed by atoms with van der Waals surface area (Å²) in [6, 6.07) is 79.3. The summed E-state index contributed by atoms with van der Waals surface area (Å²) in [7, 11) is 0. The van der Waals surface area contributed by atoms with Crippen LogP contribution in [0.1, 0.15) is 52.7 Å². The van der Waals surface area contributed by atoms with Gasteiger partial charge >= 0.3 is 0 Å². The van der Waals surface area contributed by atoms with Crippen LogP contribution in [0.25, 0.3) is 82.0 Å². The van der Waals surface area contributed by atoms with E-state index in [1.54, 1.807) is 0 Å². The van der Waals surface area contributed by atoms with E-state index in [9.17, 15) is 0 Å². The van der Waals surface area contributed by atoms with Gasteiger partial charge in [-0.2, -0.15) is 12.1 Å². The quantitative estimate of drug-likeness (QED) is 0.155. The molecule has 0 spiro atoms. The number of ether oxygens (including phenoxy) is 1. The van der Waals surface area contributed by atoms with E-state index in [2.05, 4.69) is 257 Å². The molecule has 74 heavy (non-hydrogen) atoms. The molecule has 5 nitrogen and oxygen atoms in total. The number of anilines is 4. The molecule has 1 aliphatic heterocycles. The molecule has 0 radical (unpaired) electrons. The fraction of sp³-hybridized carbons (Fsp3) is 0.118. The summed E-state index contributed by atoms with van der Waals surface area (Å²) in [6.45, 7) is 15.9. The van der Waals surface area contributed by atoms with Crippen LogP contribution in [0.4, 0.5) is 22.7 Å². The molecule has 0 amide bonds. The van der Waals surface area contributed by atoms with Gasteiger partial charge in [0.15, 0.2) is 0 Å². The van der Waals surface area contributed by atoms with Crippen LogP contribution in [0.2, 0.25) is 0 Å². The SMILES string of the molecule is CC(C)(C)c1ccc2c(c1)c1ccc(C(C)(C)C)cc1c1cccnc1n1c3[c-]c(Oc4[c-]c(N5[CH-]N(c6c(-c7ccccc7)cccc6-c6ccccc6)c6ccccc65)ccc4)ccc3c3cccc2c31.[Pt]. The van der Waals surface area contributed by atoms with Crippen molar-refractivity contribution >= 4 is 82.5 Å². The Kier molecular flexibility index (Phi) is 11.6. The number of para-hydroxylation sites is 4. The molecule has 12 aromatic rings. The summed E-state index contributed by atoms with van der Waals surface area (Å²) in [4.78, 5) is 9.79. The Balaban J connectivity index is 0.00000556. The third kappa shape index (κ3) is 7.93.